The van der Waals surface area contributed by atoms with Gasteiger partial charge in [-0.1, -0.05) is 31.4 Å². The van der Waals surface area contributed by atoms with Crippen LogP contribution in [0.4, 0.5) is 0 Å². The van der Waals surface area contributed by atoms with Gasteiger partial charge in [0, 0.05) is 29.0 Å². The van der Waals surface area contributed by atoms with Crippen LogP contribution in [0, 0.1) is 35.5 Å². The molecule has 0 aliphatic heterocycles. The first-order valence-corrected chi connectivity index (χ1v) is 34.7. The summed E-state index contributed by atoms with van der Waals surface area (Å²) in [6, 6.07) is 41.9. The lowest BCUT2D eigenvalue weighted by atomic mass is 9.82. The molecule has 0 saturated heterocycles. The molecule has 7 aromatic carbocycles. The molecule has 3 aliphatic rings. The molecule has 3 saturated carbocycles. The van der Waals surface area contributed by atoms with Crippen LogP contribution in [0.1, 0.15) is 128 Å². The van der Waals surface area contributed by atoms with Crippen molar-refractivity contribution in [1.29, 1.82) is 0 Å². The normalized spacial score (nSPS) is 18.5. The average Bonchev–Trinajstić information content (AvgIpc) is 0.733. The third kappa shape index (κ3) is 19.8. The van der Waals surface area contributed by atoms with E-state index in [4.69, 9.17) is 57.3 Å². The van der Waals surface area contributed by atoms with E-state index >= 15 is 0 Å². The Morgan fingerprint density at radius 3 is 1.08 bits per heavy atom. The van der Waals surface area contributed by atoms with Crippen molar-refractivity contribution >= 4 is 73.5 Å². The SMILES string of the molecule is C=CC(=O)OCCCCCCOc1ccc(OC(=O)C2CCC(COc3ccc4c5ccc(OCC6CCC(C(=O)Oc7ccc(OCCCCCCOC(=O)C=C)cc7)CC6)cc5c5nc6cc(OCC7CCC(C(=O)Oc8ccccc8)CC7)ccc6nc5c4c3)CC2)cc1. The van der Waals surface area contributed by atoms with Crippen LogP contribution in [0.15, 0.2) is 159 Å². The van der Waals surface area contributed by atoms with E-state index in [0.717, 1.165) is 152 Å². The topological polar surface area (TPSA) is 203 Å². The highest BCUT2D eigenvalue weighted by Gasteiger charge is 2.31. The highest BCUT2D eigenvalue weighted by Crippen LogP contribution is 2.40. The Morgan fingerprint density at radius 1 is 0.340 bits per heavy atom. The van der Waals surface area contributed by atoms with Crippen molar-refractivity contribution in [2.24, 2.45) is 35.5 Å². The first kappa shape index (κ1) is 68.9. The summed E-state index contributed by atoms with van der Waals surface area (Å²) < 4.78 is 58.9. The van der Waals surface area contributed by atoms with Gasteiger partial charge in [-0.05, 0) is 266 Å². The van der Waals surface area contributed by atoms with Gasteiger partial charge >= 0.3 is 29.8 Å². The second-order valence-electron chi connectivity index (χ2n) is 25.9. The van der Waals surface area contributed by atoms with Crippen molar-refractivity contribution in [2.45, 2.75) is 128 Å². The lowest BCUT2D eigenvalue weighted by Crippen LogP contribution is -2.27. The molecule has 0 spiro atoms. The van der Waals surface area contributed by atoms with Crippen molar-refractivity contribution in [3.63, 3.8) is 0 Å². The minimum Gasteiger partial charge on any atom is -0.494 e. The molecular weight excluding hydrogens is 1230 g/mol. The summed E-state index contributed by atoms with van der Waals surface area (Å²) in [6.45, 7) is 10.3. The molecule has 17 heteroatoms. The van der Waals surface area contributed by atoms with Crippen molar-refractivity contribution in [3.8, 4) is 46.0 Å². The second-order valence-corrected chi connectivity index (χ2v) is 25.9. The van der Waals surface area contributed by atoms with E-state index < -0.39 is 11.9 Å². The van der Waals surface area contributed by atoms with Crippen LogP contribution in [-0.4, -0.2) is 86.1 Å². The lowest BCUT2D eigenvalue weighted by Gasteiger charge is -2.27. The lowest BCUT2D eigenvalue weighted by molar-refractivity contribution is -0.141. The molecule has 0 amide bonds. The fraction of sp³-hybridized carbons (Fsp3) is 0.412. The van der Waals surface area contributed by atoms with E-state index in [0.29, 0.717) is 118 Å². The number of hydrogen-bond donors (Lipinski definition) is 0. The summed E-state index contributed by atoms with van der Waals surface area (Å²) in [5.41, 5.74) is 2.89. The number of carbonyl (C=O) groups excluding carboxylic acids is 5. The number of carbonyl (C=O) groups is 5. The van der Waals surface area contributed by atoms with Gasteiger partial charge in [0.05, 0.1) is 86.1 Å². The number of rotatable bonds is 33. The summed E-state index contributed by atoms with van der Waals surface area (Å²) in [7, 11) is 0. The van der Waals surface area contributed by atoms with Crippen LogP contribution in [0.25, 0.3) is 43.6 Å². The standard InChI is InChI=1S/C80H88N2O15/c1-3-74(83)90-46-14-7-5-12-44-88-60-30-34-63(35-31-60)96-79(86)58-26-18-54(19-27-58)51-92-65-38-41-68-69-42-39-66(93-52-55-20-28-59(29-21-55)80(87)97-64-36-32-61(33-37-64)89-45-13-6-8-15-47-91-75(84)4-2)49-71(69)77-76(70(68)48-65)81-72-43-40-67(50-73(72)82-77)94-53-56-22-24-57(25-23-56)78(85)95-62-16-10-9-11-17-62/h3-4,9-11,16-17,30-43,48-50,54-59H,1-2,5-8,12-15,18-29,44-47,51-53H2. The largest absolute Gasteiger partial charge is 0.494 e. The monoisotopic (exact) mass is 1320 g/mol. The summed E-state index contributed by atoms with van der Waals surface area (Å²) in [5.74, 6) is 4.03. The average molecular weight is 1320 g/mol. The van der Waals surface area contributed by atoms with Gasteiger partial charge in [-0.2, -0.15) is 0 Å². The molecule has 508 valence electrons. The zero-order valence-electron chi connectivity index (χ0n) is 55.3. The Hall–Kier alpha value is -9.51. The van der Waals surface area contributed by atoms with Crippen LogP contribution >= 0.6 is 0 Å². The van der Waals surface area contributed by atoms with Crippen LogP contribution < -0.4 is 37.9 Å². The van der Waals surface area contributed by atoms with E-state index in [1.807, 2.05) is 72.8 Å². The number of unbranched alkanes of at least 4 members (excludes halogenated alkanes) is 6. The van der Waals surface area contributed by atoms with Crippen LogP contribution in [0.5, 0.6) is 46.0 Å². The number of para-hydroxylation sites is 1. The van der Waals surface area contributed by atoms with Crippen molar-refractivity contribution in [3.05, 3.63) is 159 Å². The number of nitrogens with zero attached hydrogens (tertiary/aromatic N) is 2. The van der Waals surface area contributed by atoms with Gasteiger partial charge in [0.1, 0.15) is 46.0 Å². The zero-order chi connectivity index (χ0) is 67.1. The molecule has 0 N–H and O–H groups in total. The predicted octanol–water partition coefficient (Wildman–Crippen LogP) is 16.8. The Kier molecular flexibility index (Phi) is 24.8. The summed E-state index contributed by atoms with van der Waals surface area (Å²) in [4.78, 5) is 72.8. The van der Waals surface area contributed by atoms with Crippen LogP contribution in [0.2, 0.25) is 0 Å². The highest BCUT2D eigenvalue weighted by molar-refractivity contribution is 6.24. The van der Waals surface area contributed by atoms with Gasteiger partial charge in [-0.15, -0.1) is 0 Å². The van der Waals surface area contributed by atoms with E-state index in [1.54, 1.807) is 36.4 Å². The van der Waals surface area contributed by atoms with Gasteiger partial charge in [0.15, 0.2) is 0 Å². The molecule has 1 heterocycles. The minimum absolute atomic E-state index is 0.132. The number of hydrogen-bond acceptors (Lipinski definition) is 17. The van der Waals surface area contributed by atoms with Crippen molar-refractivity contribution < 1.29 is 71.3 Å². The smallest absolute Gasteiger partial charge is 0.330 e. The molecular formula is C80H88N2O15. The molecule has 0 unspecified atom stereocenters. The summed E-state index contributed by atoms with van der Waals surface area (Å²) in [5, 5.41) is 3.83. The fourth-order valence-electron chi connectivity index (χ4n) is 13.2. The zero-order valence-corrected chi connectivity index (χ0v) is 55.3. The molecule has 0 radical (unpaired) electrons. The third-order valence-corrected chi connectivity index (χ3v) is 18.9. The van der Waals surface area contributed by atoms with Gasteiger partial charge in [-0.3, -0.25) is 14.4 Å². The van der Waals surface area contributed by atoms with Crippen molar-refractivity contribution in [2.75, 3.05) is 46.2 Å². The maximum atomic E-state index is 13.4. The van der Waals surface area contributed by atoms with Gasteiger partial charge in [-0.25, -0.2) is 19.6 Å². The Balaban J connectivity index is 0.697. The van der Waals surface area contributed by atoms with Crippen LogP contribution in [0.3, 0.4) is 0 Å². The maximum Gasteiger partial charge on any atom is 0.330 e. The van der Waals surface area contributed by atoms with Gasteiger partial charge < -0.3 is 47.4 Å². The number of aromatic nitrogens is 2. The van der Waals surface area contributed by atoms with Crippen LogP contribution in [-0.2, 0) is 33.4 Å². The second kappa shape index (κ2) is 34.9. The summed E-state index contributed by atoms with van der Waals surface area (Å²) in [6.07, 6.45) is 18.9. The van der Waals surface area contributed by atoms with Gasteiger partial charge in [0.25, 0.3) is 0 Å². The van der Waals surface area contributed by atoms with Crippen molar-refractivity contribution in [1.82, 2.24) is 9.97 Å². The third-order valence-electron chi connectivity index (χ3n) is 18.9. The molecule has 3 aliphatic carbocycles. The van der Waals surface area contributed by atoms with E-state index in [2.05, 4.69) is 37.4 Å². The number of fused-ring (bicyclic) bond motifs is 7. The molecule has 11 rings (SSSR count). The van der Waals surface area contributed by atoms with Gasteiger partial charge in [0.2, 0.25) is 0 Å². The van der Waals surface area contributed by atoms with E-state index in [1.165, 1.54) is 12.2 Å². The molecule has 8 aromatic rings. The highest BCUT2D eigenvalue weighted by atomic mass is 16.6. The molecule has 0 bridgehead atoms. The summed E-state index contributed by atoms with van der Waals surface area (Å²) >= 11 is 0. The minimum atomic E-state index is -0.398. The number of ether oxygens (including phenoxy) is 10. The fourth-order valence-corrected chi connectivity index (χ4v) is 13.2. The quantitative estimate of drug-likeness (QED) is 0.00937. The molecule has 17 nitrogen and oxygen atoms in total. The Labute approximate surface area is 567 Å². The predicted molar refractivity (Wildman–Crippen MR) is 371 cm³/mol. The first-order valence-electron chi connectivity index (χ1n) is 34.7. The Bertz CT molecular complexity index is 3960. The Morgan fingerprint density at radius 2 is 0.680 bits per heavy atom. The molecule has 3 fully saturated rings. The maximum absolute atomic E-state index is 13.4. The van der Waals surface area contributed by atoms with E-state index in [-0.39, 0.29) is 47.5 Å². The molecule has 0 atom stereocenters. The molecule has 1 aromatic heterocycles. The van der Waals surface area contributed by atoms with E-state index in [9.17, 15) is 24.0 Å². The number of esters is 5. The molecule has 97 heavy (non-hydrogen) atoms. The number of benzene rings is 7. The first-order chi connectivity index (χ1) is 47.5.